The van der Waals surface area contributed by atoms with Crippen LogP contribution in [0.25, 0.3) is 0 Å². The molecule has 2 aliphatic heterocycles. The summed E-state index contributed by atoms with van der Waals surface area (Å²) in [5, 5.41) is 0. The van der Waals surface area contributed by atoms with Crippen molar-refractivity contribution in [3.63, 3.8) is 0 Å². The number of halogens is 1. The summed E-state index contributed by atoms with van der Waals surface area (Å²) in [7, 11) is 0. The quantitative estimate of drug-likeness (QED) is 0.678. The summed E-state index contributed by atoms with van der Waals surface area (Å²) < 4.78 is 13.2. The van der Waals surface area contributed by atoms with Crippen LogP contribution in [0.4, 0.5) is 4.39 Å². The second kappa shape index (κ2) is 10.3. The molecule has 6 heteroatoms. The third-order valence-corrected chi connectivity index (χ3v) is 7.85. The van der Waals surface area contributed by atoms with E-state index in [2.05, 4.69) is 4.90 Å². The largest absolute Gasteiger partial charge is 0.340 e. The van der Waals surface area contributed by atoms with Crippen LogP contribution in [-0.4, -0.2) is 64.8 Å². The molecule has 0 spiro atoms. The summed E-state index contributed by atoms with van der Waals surface area (Å²) in [4.78, 5) is 33.7. The van der Waals surface area contributed by atoms with E-state index in [1.54, 1.807) is 0 Å². The summed E-state index contributed by atoms with van der Waals surface area (Å²) in [6, 6.07) is 15.9. The van der Waals surface area contributed by atoms with Gasteiger partial charge in [0.05, 0.1) is 0 Å². The van der Waals surface area contributed by atoms with Gasteiger partial charge < -0.3 is 9.80 Å². The Bertz CT molecular complexity index is 996. The standard InChI is InChI=1S/C28H34FN3O2/c29-24-13-11-21(12-14-24)20-30-15-6-16-31(18-17-30)28(34)26-19-23-9-4-5-10-25(23)32(26)27(33)22-7-2-1-3-8-22/h1-3,7-8,11-14,23,25-26H,4-6,9-10,15-20H2. The van der Waals surface area contributed by atoms with Crippen LogP contribution in [0.5, 0.6) is 0 Å². The van der Waals surface area contributed by atoms with E-state index in [9.17, 15) is 14.0 Å². The van der Waals surface area contributed by atoms with E-state index in [-0.39, 0.29) is 29.7 Å². The molecular formula is C28H34FN3O2. The van der Waals surface area contributed by atoms with Gasteiger partial charge in [0.2, 0.25) is 5.91 Å². The van der Waals surface area contributed by atoms with Gasteiger partial charge in [-0.25, -0.2) is 4.39 Å². The third kappa shape index (κ3) is 4.88. The van der Waals surface area contributed by atoms with Crippen molar-refractivity contribution in [2.75, 3.05) is 26.2 Å². The maximum absolute atomic E-state index is 13.8. The molecule has 2 amide bonds. The second-order valence-electron chi connectivity index (χ2n) is 10.0. The van der Waals surface area contributed by atoms with E-state index < -0.39 is 0 Å². The first-order chi connectivity index (χ1) is 16.6. The zero-order valence-electron chi connectivity index (χ0n) is 19.7. The van der Waals surface area contributed by atoms with E-state index in [4.69, 9.17) is 0 Å². The minimum atomic E-state index is -0.357. The summed E-state index contributed by atoms with van der Waals surface area (Å²) in [5.41, 5.74) is 1.76. The molecule has 2 aromatic carbocycles. The Kier molecular flexibility index (Phi) is 6.95. The topological polar surface area (TPSA) is 43.9 Å². The van der Waals surface area contributed by atoms with Crippen molar-refractivity contribution in [3.8, 4) is 0 Å². The molecular weight excluding hydrogens is 429 g/mol. The maximum Gasteiger partial charge on any atom is 0.254 e. The SMILES string of the molecule is O=C(C1CC2CCCCC2N1C(=O)c1ccccc1)N1CCCN(Cc2ccc(F)cc2)CC1. The van der Waals surface area contributed by atoms with E-state index in [1.165, 1.54) is 18.6 Å². The van der Waals surface area contributed by atoms with Crippen LogP contribution in [0.1, 0.15) is 54.4 Å². The zero-order chi connectivity index (χ0) is 23.5. The van der Waals surface area contributed by atoms with E-state index in [0.717, 1.165) is 63.8 Å². The molecule has 3 atom stereocenters. The van der Waals surface area contributed by atoms with Gasteiger partial charge >= 0.3 is 0 Å². The van der Waals surface area contributed by atoms with Gasteiger partial charge in [-0.05, 0) is 61.4 Å². The van der Waals surface area contributed by atoms with Crippen LogP contribution in [0.15, 0.2) is 54.6 Å². The number of hydrogen-bond acceptors (Lipinski definition) is 3. The Balaban J connectivity index is 1.29. The highest BCUT2D eigenvalue weighted by Crippen LogP contribution is 2.41. The van der Waals surface area contributed by atoms with Crippen molar-refractivity contribution in [1.82, 2.24) is 14.7 Å². The van der Waals surface area contributed by atoms with Crippen molar-refractivity contribution < 1.29 is 14.0 Å². The maximum atomic E-state index is 13.8. The number of amides is 2. The number of rotatable bonds is 4. The van der Waals surface area contributed by atoms with Crippen molar-refractivity contribution in [3.05, 3.63) is 71.5 Å². The molecule has 0 radical (unpaired) electrons. The Morgan fingerprint density at radius 1 is 0.853 bits per heavy atom. The fourth-order valence-electron chi connectivity index (χ4n) is 6.11. The summed E-state index contributed by atoms with van der Waals surface area (Å²) in [6.45, 7) is 3.84. The lowest BCUT2D eigenvalue weighted by Crippen LogP contribution is -2.51. The van der Waals surface area contributed by atoms with E-state index >= 15 is 0 Å². The Hall–Kier alpha value is -2.73. The molecule has 180 valence electrons. The summed E-state index contributed by atoms with van der Waals surface area (Å²) >= 11 is 0. The molecule has 1 saturated carbocycles. The zero-order valence-corrected chi connectivity index (χ0v) is 19.7. The first-order valence-corrected chi connectivity index (χ1v) is 12.7. The van der Waals surface area contributed by atoms with Crippen LogP contribution in [0, 0.1) is 11.7 Å². The number of fused-ring (bicyclic) bond motifs is 1. The van der Waals surface area contributed by atoms with Gasteiger partial charge in [0.1, 0.15) is 11.9 Å². The van der Waals surface area contributed by atoms with Gasteiger partial charge in [0, 0.05) is 44.3 Å². The molecule has 34 heavy (non-hydrogen) atoms. The predicted molar refractivity (Wildman–Crippen MR) is 130 cm³/mol. The fourth-order valence-corrected chi connectivity index (χ4v) is 6.11. The van der Waals surface area contributed by atoms with Gasteiger partial charge in [-0.15, -0.1) is 0 Å². The number of carbonyl (C=O) groups excluding carboxylic acids is 2. The number of likely N-dealkylation sites (tertiary alicyclic amines) is 1. The molecule has 3 unspecified atom stereocenters. The molecule has 3 fully saturated rings. The Morgan fingerprint density at radius 3 is 2.41 bits per heavy atom. The number of carbonyl (C=O) groups is 2. The molecule has 5 nitrogen and oxygen atoms in total. The van der Waals surface area contributed by atoms with E-state index in [0.29, 0.717) is 18.0 Å². The minimum Gasteiger partial charge on any atom is -0.340 e. The number of nitrogens with zero attached hydrogens (tertiary/aromatic N) is 3. The Morgan fingerprint density at radius 2 is 1.62 bits per heavy atom. The van der Waals surface area contributed by atoms with Gasteiger partial charge in [-0.1, -0.05) is 43.2 Å². The van der Waals surface area contributed by atoms with Gasteiger partial charge in [0.25, 0.3) is 5.91 Å². The van der Waals surface area contributed by atoms with Gasteiger partial charge in [0.15, 0.2) is 0 Å². The van der Waals surface area contributed by atoms with Crippen molar-refractivity contribution in [2.45, 2.75) is 57.2 Å². The average molecular weight is 464 g/mol. The Labute approximate surface area is 201 Å². The average Bonchev–Trinajstić information content (AvgIpc) is 3.10. The highest BCUT2D eigenvalue weighted by molar-refractivity contribution is 5.98. The lowest BCUT2D eigenvalue weighted by Gasteiger charge is -2.35. The van der Waals surface area contributed by atoms with Crippen LogP contribution < -0.4 is 0 Å². The molecule has 3 aliphatic rings. The van der Waals surface area contributed by atoms with Crippen molar-refractivity contribution in [1.29, 1.82) is 0 Å². The van der Waals surface area contributed by atoms with Gasteiger partial charge in [-0.2, -0.15) is 0 Å². The van der Waals surface area contributed by atoms with Gasteiger partial charge in [-0.3, -0.25) is 14.5 Å². The normalized spacial score (nSPS) is 25.6. The van der Waals surface area contributed by atoms with Crippen molar-refractivity contribution in [2.24, 2.45) is 5.92 Å². The van der Waals surface area contributed by atoms with Crippen LogP contribution in [-0.2, 0) is 11.3 Å². The predicted octanol–water partition coefficient (Wildman–Crippen LogP) is 4.33. The molecule has 2 saturated heterocycles. The highest BCUT2D eigenvalue weighted by atomic mass is 19.1. The lowest BCUT2D eigenvalue weighted by molar-refractivity contribution is -0.135. The first kappa shape index (κ1) is 23.0. The number of benzene rings is 2. The summed E-state index contributed by atoms with van der Waals surface area (Å²) in [6.07, 6.45) is 6.12. The van der Waals surface area contributed by atoms with Crippen LogP contribution >= 0.6 is 0 Å². The molecule has 0 bridgehead atoms. The third-order valence-electron chi connectivity index (χ3n) is 7.85. The van der Waals surface area contributed by atoms with E-state index in [1.807, 2.05) is 52.3 Å². The highest BCUT2D eigenvalue weighted by Gasteiger charge is 2.48. The van der Waals surface area contributed by atoms with Crippen LogP contribution in [0.2, 0.25) is 0 Å². The van der Waals surface area contributed by atoms with Crippen LogP contribution in [0.3, 0.4) is 0 Å². The molecule has 0 N–H and O–H groups in total. The minimum absolute atomic E-state index is 0.00103. The molecule has 5 rings (SSSR count). The summed E-state index contributed by atoms with van der Waals surface area (Å²) in [5.74, 6) is 0.323. The second-order valence-corrected chi connectivity index (χ2v) is 10.0. The number of hydrogen-bond donors (Lipinski definition) is 0. The first-order valence-electron chi connectivity index (χ1n) is 12.7. The molecule has 0 aromatic heterocycles. The smallest absolute Gasteiger partial charge is 0.254 e. The van der Waals surface area contributed by atoms with Crippen molar-refractivity contribution >= 4 is 11.8 Å². The lowest BCUT2D eigenvalue weighted by atomic mass is 9.84. The molecule has 1 aliphatic carbocycles. The molecule has 2 aromatic rings. The molecule has 2 heterocycles. The monoisotopic (exact) mass is 463 g/mol. The fraction of sp³-hybridized carbons (Fsp3) is 0.500.